The smallest absolute Gasteiger partial charge is 0.251 e. The molecule has 1 aliphatic heterocycles. The van der Waals surface area contributed by atoms with E-state index in [1.807, 2.05) is 12.1 Å². The van der Waals surface area contributed by atoms with Crippen LogP contribution in [0.1, 0.15) is 51.8 Å². The van der Waals surface area contributed by atoms with Crippen LogP contribution in [-0.4, -0.2) is 18.4 Å². The zero-order chi connectivity index (χ0) is 19.7. The Hall–Kier alpha value is -3.08. The van der Waals surface area contributed by atoms with Gasteiger partial charge in [0, 0.05) is 36.1 Å². The van der Waals surface area contributed by atoms with Crippen molar-refractivity contribution in [2.24, 2.45) is 5.92 Å². The molecule has 0 fully saturated rings. The number of hydrogen-bond donors (Lipinski definition) is 2. The van der Waals surface area contributed by atoms with Gasteiger partial charge in [0.25, 0.3) is 5.91 Å². The zero-order valence-corrected chi connectivity index (χ0v) is 15.8. The maximum absolute atomic E-state index is 12.4. The van der Waals surface area contributed by atoms with Crippen LogP contribution in [-0.2, 0) is 4.79 Å². The van der Waals surface area contributed by atoms with Crippen molar-refractivity contribution >= 4 is 17.6 Å². The summed E-state index contributed by atoms with van der Waals surface area (Å²) in [6.45, 7) is 2.17. The Morgan fingerprint density at radius 3 is 2.86 bits per heavy atom. The largest absolute Gasteiger partial charge is 0.550 e. The highest BCUT2D eigenvalue weighted by molar-refractivity contribution is 5.95. The molecule has 144 valence electrons. The maximum atomic E-state index is 12.4. The van der Waals surface area contributed by atoms with Gasteiger partial charge < -0.3 is 20.5 Å². The quantitative estimate of drug-likeness (QED) is 0.788. The minimum atomic E-state index is -1.17. The summed E-state index contributed by atoms with van der Waals surface area (Å²) in [6, 6.07) is 14.5. The van der Waals surface area contributed by atoms with Crippen molar-refractivity contribution in [2.45, 2.75) is 31.7 Å². The van der Waals surface area contributed by atoms with Crippen LogP contribution in [0.15, 0.2) is 54.6 Å². The Kier molecular flexibility index (Phi) is 4.90. The van der Waals surface area contributed by atoms with Gasteiger partial charge >= 0.3 is 0 Å². The number of fused-ring (bicyclic) bond motifs is 3. The van der Waals surface area contributed by atoms with Crippen molar-refractivity contribution < 1.29 is 14.7 Å². The van der Waals surface area contributed by atoms with Gasteiger partial charge in [-0.3, -0.25) is 4.79 Å². The molecule has 3 atom stereocenters. The van der Waals surface area contributed by atoms with Crippen molar-refractivity contribution in [3.05, 3.63) is 76.9 Å². The third-order valence-corrected chi connectivity index (χ3v) is 5.64. The van der Waals surface area contributed by atoms with E-state index in [0.717, 1.165) is 17.7 Å². The topological polar surface area (TPSA) is 81.3 Å². The summed E-state index contributed by atoms with van der Waals surface area (Å²) in [5.74, 6) is -0.761. The van der Waals surface area contributed by atoms with Gasteiger partial charge in [0.05, 0.1) is 6.04 Å². The van der Waals surface area contributed by atoms with E-state index in [4.69, 9.17) is 0 Å². The minimum Gasteiger partial charge on any atom is -0.550 e. The SMILES string of the molecule is Cc1cccc([C@H]2Nc3ccc(C(=O)NCCC(=O)[O-])cc3[C@@H]3C=CC[C@@H]23)c1. The molecule has 0 radical (unpaired) electrons. The number of carboxylic acids is 1. The Morgan fingerprint density at radius 2 is 2.07 bits per heavy atom. The fraction of sp³-hybridized carbons (Fsp3) is 0.304. The molecule has 1 heterocycles. The van der Waals surface area contributed by atoms with Crippen LogP contribution in [0.25, 0.3) is 0 Å². The van der Waals surface area contributed by atoms with E-state index in [1.165, 1.54) is 11.1 Å². The van der Waals surface area contributed by atoms with Crippen LogP contribution < -0.4 is 15.7 Å². The lowest BCUT2D eigenvalue weighted by Gasteiger charge is -2.37. The molecular formula is C23H23N2O3-. The monoisotopic (exact) mass is 375 g/mol. The van der Waals surface area contributed by atoms with Crippen LogP contribution in [0, 0.1) is 12.8 Å². The molecule has 0 spiro atoms. The fourth-order valence-corrected chi connectivity index (χ4v) is 4.31. The number of benzene rings is 2. The second-order valence-electron chi connectivity index (χ2n) is 7.57. The zero-order valence-electron chi connectivity index (χ0n) is 15.8. The Balaban J connectivity index is 1.60. The molecule has 2 aliphatic rings. The normalized spacial score (nSPS) is 22.1. The van der Waals surface area contributed by atoms with Gasteiger partial charge in [0.15, 0.2) is 0 Å². The predicted molar refractivity (Wildman–Crippen MR) is 106 cm³/mol. The number of anilines is 1. The summed E-state index contributed by atoms with van der Waals surface area (Å²) < 4.78 is 0. The van der Waals surface area contributed by atoms with Gasteiger partial charge in [-0.15, -0.1) is 0 Å². The average Bonchev–Trinajstić information content (AvgIpc) is 3.16. The summed E-state index contributed by atoms with van der Waals surface area (Å²) in [5.41, 5.74) is 5.25. The molecule has 2 aromatic carbocycles. The number of hydrogen-bond acceptors (Lipinski definition) is 4. The first kappa shape index (κ1) is 18.3. The van der Waals surface area contributed by atoms with Gasteiger partial charge in [0.2, 0.25) is 0 Å². The summed E-state index contributed by atoms with van der Waals surface area (Å²) in [7, 11) is 0. The number of amides is 1. The molecule has 0 unspecified atom stereocenters. The second kappa shape index (κ2) is 7.50. The van der Waals surface area contributed by atoms with Crippen molar-refractivity contribution in [2.75, 3.05) is 11.9 Å². The number of carbonyl (C=O) groups excluding carboxylic acids is 2. The molecule has 5 nitrogen and oxygen atoms in total. The van der Waals surface area contributed by atoms with E-state index in [2.05, 4.69) is 54.0 Å². The highest BCUT2D eigenvalue weighted by atomic mass is 16.4. The molecule has 1 aliphatic carbocycles. The van der Waals surface area contributed by atoms with Crippen LogP contribution in [0.2, 0.25) is 0 Å². The molecule has 5 heteroatoms. The molecule has 2 aromatic rings. The lowest BCUT2D eigenvalue weighted by molar-refractivity contribution is -0.305. The summed E-state index contributed by atoms with van der Waals surface area (Å²) >= 11 is 0. The molecular weight excluding hydrogens is 352 g/mol. The fourth-order valence-electron chi connectivity index (χ4n) is 4.31. The number of allylic oxidation sites excluding steroid dienone is 2. The third kappa shape index (κ3) is 3.52. The van der Waals surface area contributed by atoms with Crippen LogP contribution in [0.5, 0.6) is 0 Å². The van der Waals surface area contributed by atoms with Gasteiger partial charge in [-0.1, -0.05) is 42.0 Å². The highest BCUT2D eigenvalue weighted by Crippen LogP contribution is 2.49. The Morgan fingerprint density at radius 1 is 1.21 bits per heavy atom. The van der Waals surface area contributed by atoms with Gasteiger partial charge in [-0.2, -0.15) is 0 Å². The van der Waals surface area contributed by atoms with Crippen LogP contribution in [0.3, 0.4) is 0 Å². The number of aryl methyl sites for hydroxylation is 1. The summed E-state index contributed by atoms with van der Waals surface area (Å²) in [5, 5.41) is 16.8. The molecule has 2 N–H and O–H groups in total. The first-order valence-corrected chi connectivity index (χ1v) is 9.64. The van der Waals surface area contributed by atoms with E-state index in [9.17, 15) is 14.7 Å². The van der Waals surface area contributed by atoms with Crippen LogP contribution in [0.4, 0.5) is 5.69 Å². The number of carboxylic acid groups (broad SMARTS) is 1. The first-order chi connectivity index (χ1) is 13.5. The molecule has 0 saturated heterocycles. The molecule has 0 aromatic heterocycles. The number of aliphatic carboxylic acids is 1. The number of nitrogens with one attached hydrogen (secondary N) is 2. The molecule has 0 saturated carbocycles. The first-order valence-electron chi connectivity index (χ1n) is 9.64. The average molecular weight is 375 g/mol. The third-order valence-electron chi connectivity index (χ3n) is 5.64. The van der Waals surface area contributed by atoms with E-state index in [0.29, 0.717) is 11.5 Å². The standard InChI is InChI=1S/C23H24N2O3/c1-14-4-2-5-15(12-14)22-18-7-3-6-17(18)19-13-16(8-9-20(19)25-22)23(28)24-11-10-21(26)27/h2-6,8-9,12-13,17-18,22,25H,7,10-11H2,1H3,(H,24,28)(H,26,27)/p-1/t17-,18-,22-/m1/s1. The van der Waals surface area contributed by atoms with Crippen LogP contribution >= 0.6 is 0 Å². The van der Waals surface area contributed by atoms with E-state index in [1.54, 1.807) is 6.07 Å². The molecule has 4 rings (SSSR count). The molecule has 28 heavy (non-hydrogen) atoms. The predicted octanol–water partition coefficient (Wildman–Crippen LogP) is 2.69. The van der Waals surface area contributed by atoms with Crippen molar-refractivity contribution in [1.82, 2.24) is 5.32 Å². The molecule has 0 bridgehead atoms. The maximum Gasteiger partial charge on any atom is 0.251 e. The Labute approximate surface area is 164 Å². The van der Waals surface area contributed by atoms with Crippen molar-refractivity contribution in [1.29, 1.82) is 0 Å². The van der Waals surface area contributed by atoms with Crippen molar-refractivity contribution in [3.63, 3.8) is 0 Å². The highest BCUT2D eigenvalue weighted by Gasteiger charge is 2.38. The second-order valence-corrected chi connectivity index (χ2v) is 7.57. The molecule has 1 amide bonds. The van der Waals surface area contributed by atoms with Crippen molar-refractivity contribution in [3.8, 4) is 0 Å². The number of carbonyl (C=O) groups is 2. The summed E-state index contributed by atoms with van der Waals surface area (Å²) in [4.78, 5) is 22.9. The van der Waals surface area contributed by atoms with Gasteiger partial charge in [0.1, 0.15) is 0 Å². The van der Waals surface area contributed by atoms with E-state index < -0.39 is 5.97 Å². The van der Waals surface area contributed by atoms with Gasteiger partial charge in [-0.05, 0) is 48.6 Å². The van der Waals surface area contributed by atoms with E-state index >= 15 is 0 Å². The lowest BCUT2D eigenvalue weighted by atomic mass is 9.76. The van der Waals surface area contributed by atoms with Gasteiger partial charge in [-0.25, -0.2) is 0 Å². The number of rotatable bonds is 5. The minimum absolute atomic E-state index is 0.0674. The van der Waals surface area contributed by atoms with E-state index in [-0.39, 0.29) is 30.8 Å². The lowest BCUT2D eigenvalue weighted by Crippen LogP contribution is -2.32. The Bertz CT molecular complexity index is 951. The summed E-state index contributed by atoms with van der Waals surface area (Å²) in [6.07, 6.45) is 5.27.